The molecule has 0 amide bonds. The van der Waals surface area contributed by atoms with E-state index in [9.17, 15) is 0 Å². The van der Waals surface area contributed by atoms with Gasteiger partial charge in [-0.2, -0.15) is 0 Å². The lowest BCUT2D eigenvalue weighted by atomic mass is 10.3. The Bertz CT molecular complexity index is 354. The van der Waals surface area contributed by atoms with Crippen molar-refractivity contribution < 1.29 is 0 Å². The van der Waals surface area contributed by atoms with Crippen LogP contribution in [0.15, 0.2) is 11.2 Å². The number of rotatable bonds is 3. The van der Waals surface area contributed by atoms with E-state index in [1.807, 2.05) is 19.4 Å². The van der Waals surface area contributed by atoms with Gasteiger partial charge in [0.25, 0.3) is 0 Å². The molecule has 1 fully saturated rings. The summed E-state index contributed by atoms with van der Waals surface area (Å²) < 4.78 is 0. The van der Waals surface area contributed by atoms with Crippen molar-refractivity contribution in [2.45, 2.75) is 5.16 Å². The van der Waals surface area contributed by atoms with Gasteiger partial charge in [0, 0.05) is 39.3 Å². The topological polar surface area (TPSA) is 44.3 Å². The molecular formula is C11H19N5S. The van der Waals surface area contributed by atoms with E-state index in [0.29, 0.717) is 0 Å². The molecule has 1 aliphatic rings. The number of thioether (sulfide) groups is 1. The van der Waals surface area contributed by atoms with Gasteiger partial charge in [-0.3, -0.25) is 0 Å². The Labute approximate surface area is 107 Å². The maximum atomic E-state index is 4.57. The number of piperazine rings is 1. The minimum Gasteiger partial charge on any atom is -0.373 e. The van der Waals surface area contributed by atoms with Gasteiger partial charge in [0.05, 0.1) is 0 Å². The standard InChI is InChI=1S/C11H19N5S/c1-12-9-8-10(14-11(13-9)17-3)16-6-4-15(2)5-7-16/h8H,4-7H2,1-3H3,(H,12,13,14). The zero-order valence-electron chi connectivity index (χ0n) is 10.6. The zero-order valence-corrected chi connectivity index (χ0v) is 11.4. The molecule has 6 heteroatoms. The molecule has 0 atom stereocenters. The SMILES string of the molecule is CNc1cc(N2CCN(C)CC2)nc(SC)n1. The largest absolute Gasteiger partial charge is 0.373 e. The summed E-state index contributed by atoms with van der Waals surface area (Å²) in [4.78, 5) is 13.6. The Balaban J connectivity index is 2.19. The molecule has 17 heavy (non-hydrogen) atoms. The van der Waals surface area contributed by atoms with Crippen LogP contribution in [-0.4, -0.2) is 61.4 Å². The van der Waals surface area contributed by atoms with E-state index in [2.05, 4.69) is 32.1 Å². The number of hydrogen-bond acceptors (Lipinski definition) is 6. The van der Waals surface area contributed by atoms with E-state index < -0.39 is 0 Å². The highest BCUT2D eigenvalue weighted by Crippen LogP contribution is 2.20. The number of nitrogens with one attached hydrogen (secondary N) is 1. The number of hydrogen-bond donors (Lipinski definition) is 1. The summed E-state index contributed by atoms with van der Waals surface area (Å²) in [6, 6.07) is 2.02. The van der Waals surface area contributed by atoms with Gasteiger partial charge in [0.1, 0.15) is 11.6 Å². The number of nitrogens with zero attached hydrogens (tertiary/aromatic N) is 4. The van der Waals surface area contributed by atoms with Gasteiger partial charge in [-0.05, 0) is 13.3 Å². The molecule has 0 aromatic carbocycles. The smallest absolute Gasteiger partial charge is 0.191 e. The van der Waals surface area contributed by atoms with Crippen LogP contribution in [0.5, 0.6) is 0 Å². The summed E-state index contributed by atoms with van der Waals surface area (Å²) in [5, 5.41) is 3.91. The lowest BCUT2D eigenvalue weighted by Crippen LogP contribution is -2.44. The Morgan fingerprint density at radius 2 is 1.94 bits per heavy atom. The number of aromatic nitrogens is 2. The quantitative estimate of drug-likeness (QED) is 0.640. The van der Waals surface area contributed by atoms with Crippen LogP contribution in [0.1, 0.15) is 0 Å². The van der Waals surface area contributed by atoms with Crippen LogP contribution in [0.25, 0.3) is 0 Å². The first-order chi connectivity index (χ1) is 8.22. The third kappa shape index (κ3) is 3.01. The lowest BCUT2D eigenvalue weighted by molar-refractivity contribution is 0.312. The van der Waals surface area contributed by atoms with Crippen molar-refractivity contribution >= 4 is 23.4 Å². The van der Waals surface area contributed by atoms with E-state index in [1.165, 1.54) is 0 Å². The Morgan fingerprint density at radius 3 is 2.53 bits per heavy atom. The Kier molecular flexibility index (Phi) is 4.06. The first-order valence-corrected chi connectivity index (χ1v) is 6.99. The van der Waals surface area contributed by atoms with Crippen molar-refractivity contribution in [2.24, 2.45) is 0 Å². The molecule has 2 heterocycles. The molecule has 1 saturated heterocycles. The van der Waals surface area contributed by atoms with E-state index >= 15 is 0 Å². The predicted molar refractivity (Wildman–Crippen MR) is 73.1 cm³/mol. The third-order valence-electron chi connectivity index (χ3n) is 2.96. The van der Waals surface area contributed by atoms with Gasteiger partial charge in [0.15, 0.2) is 5.16 Å². The van der Waals surface area contributed by atoms with Gasteiger partial charge < -0.3 is 15.1 Å². The molecule has 0 aliphatic carbocycles. The summed E-state index contributed by atoms with van der Waals surface area (Å²) >= 11 is 1.58. The third-order valence-corrected chi connectivity index (χ3v) is 3.51. The summed E-state index contributed by atoms with van der Waals surface area (Å²) in [5.41, 5.74) is 0. The average Bonchev–Trinajstić information content (AvgIpc) is 2.39. The summed E-state index contributed by atoms with van der Waals surface area (Å²) in [5.74, 6) is 1.92. The van der Waals surface area contributed by atoms with Gasteiger partial charge in [0.2, 0.25) is 0 Å². The summed E-state index contributed by atoms with van der Waals surface area (Å²) in [7, 11) is 4.05. The van der Waals surface area contributed by atoms with Crippen LogP contribution in [0, 0.1) is 0 Å². The number of anilines is 2. The first-order valence-electron chi connectivity index (χ1n) is 5.77. The normalized spacial score (nSPS) is 17.2. The van der Waals surface area contributed by atoms with Gasteiger partial charge >= 0.3 is 0 Å². The fraction of sp³-hybridized carbons (Fsp3) is 0.636. The molecule has 0 saturated carbocycles. The van der Waals surface area contributed by atoms with Crippen LogP contribution in [0.4, 0.5) is 11.6 Å². The average molecular weight is 253 g/mol. The van der Waals surface area contributed by atoms with Crippen molar-refractivity contribution in [3.05, 3.63) is 6.07 Å². The van der Waals surface area contributed by atoms with E-state index in [-0.39, 0.29) is 0 Å². The minimum absolute atomic E-state index is 0.825. The highest BCUT2D eigenvalue weighted by Gasteiger charge is 2.16. The minimum atomic E-state index is 0.825. The molecule has 0 spiro atoms. The molecule has 0 radical (unpaired) electrons. The summed E-state index contributed by atoms with van der Waals surface area (Å²) in [6.45, 7) is 4.25. The second-order valence-corrected chi connectivity index (χ2v) is 4.91. The lowest BCUT2D eigenvalue weighted by Gasteiger charge is -2.33. The first kappa shape index (κ1) is 12.4. The molecular weight excluding hydrogens is 234 g/mol. The van der Waals surface area contributed by atoms with Crippen molar-refractivity contribution in [3.8, 4) is 0 Å². The van der Waals surface area contributed by atoms with Crippen molar-refractivity contribution in [2.75, 3.05) is 56.7 Å². The monoisotopic (exact) mass is 253 g/mol. The maximum absolute atomic E-state index is 4.57. The van der Waals surface area contributed by atoms with E-state index in [0.717, 1.165) is 43.0 Å². The molecule has 1 aromatic heterocycles. The molecule has 94 valence electrons. The van der Waals surface area contributed by atoms with Crippen LogP contribution in [0.2, 0.25) is 0 Å². The summed E-state index contributed by atoms with van der Waals surface area (Å²) in [6.07, 6.45) is 2.00. The van der Waals surface area contributed by atoms with E-state index in [4.69, 9.17) is 0 Å². The van der Waals surface area contributed by atoms with Crippen molar-refractivity contribution in [3.63, 3.8) is 0 Å². The van der Waals surface area contributed by atoms with Crippen LogP contribution >= 0.6 is 11.8 Å². The Hall–Kier alpha value is -1.01. The molecule has 1 N–H and O–H groups in total. The molecule has 1 aromatic rings. The molecule has 2 rings (SSSR count). The second kappa shape index (κ2) is 5.55. The predicted octanol–water partition coefficient (Wildman–Crippen LogP) is 0.992. The molecule has 0 unspecified atom stereocenters. The number of likely N-dealkylation sites (N-methyl/N-ethyl adjacent to an activating group) is 1. The van der Waals surface area contributed by atoms with E-state index in [1.54, 1.807) is 11.8 Å². The van der Waals surface area contributed by atoms with Gasteiger partial charge in [-0.15, -0.1) is 0 Å². The van der Waals surface area contributed by atoms with Gasteiger partial charge in [-0.1, -0.05) is 11.8 Å². The van der Waals surface area contributed by atoms with Crippen LogP contribution in [-0.2, 0) is 0 Å². The Morgan fingerprint density at radius 1 is 1.24 bits per heavy atom. The zero-order chi connectivity index (χ0) is 12.3. The second-order valence-electron chi connectivity index (χ2n) is 4.14. The van der Waals surface area contributed by atoms with Gasteiger partial charge in [-0.25, -0.2) is 9.97 Å². The highest BCUT2D eigenvalue weighted by molar-refractivity contribution is 7.98. The van der Waals surface area contributed by atoms with Crippen molar-refractivity contribution in [1.29, 1.82) is 0 Å². The fourth-order valence-electron chi connectivity index (χ4n) is 1.83. The van der Waals surface area contributed by atoms with Crippen LogP contribution in [0.3, 0.4) is 0 Å². The molecule has 0 bridgehead atoms. The maximum Gasteiger partial charge on any atom is 0.191 e. The fourth-order valence-corrected chi connectivity index (χ4v) is 2.20. The molecule has 5 nitrogen and oxygen atoms in total. The highest BCUT2D eigenvalue weighted by atomic mass is 32.2. The van der Waals surface area contributed by atoms with Crippen LogP contribution < -0.4 is 10.2 Å². The molecule has 1 aliphatic heterocycles. The van der Waals surface area contributed by atoms with Crippen molar-refractivity contribution in [1.82, 2.24) is 14.9 Å².